The number of benzene rings is 2. The molecule has 5 heteroatoms. The number of ketones is 1. The Balaban J connectivity index is 2.03. The van der Waals surface area contributed by atoms with Crippen LogP contribution in [0.25, 0.3) is 0 Å². The molecule has 2 N–H and O–H groups in total. The van der Waals surface area contributed by atoms with E-state index in [1.807, 2.05) is 32.0 Å². The highest BCUT2D eigenvalue weighted by atomic mass is 19.1. The van der Waals surface area contributed by atoms with E-state index in [4.69, 9.17) is 5.73 Å². The van der Waals surface area contributed by atoms with Crippen molar-refractivity contribution in [1.29, 1.82) is 5.26 Å². The van der Waals surface area contributed by atoms with Crippen LogP contribution in [0.5, 0.6) is 0 Å². The third kappa shape index (κ3) is 3.53. The minimum Gasteiger partial charge on any atom is -0.384 e. The van der Waals surface area contributed by atoms with E-state index >= 15 is 0 Å². The van der Waals surface area contributed by atoms with Gasteiger partial charge < -0.3 is 5.73 Å². The lowest BCUT2D eigenvalue weighted by Crippen LogP contribution is -2.42. The Morgan fingerprint density at radius 3 is 2.45 bits per heavy atom. The first-order chi connectivity index (χ1) is 14.6. The maximum Gasteiger partial charge on any atom is 0.162 e. The molecule has 0 aromatic heterocycles. The predicted octanol–water partition coefficient (Wildman–Crippen LogP) is 5.38. The molecule has 4 rings (SSSR count). The minimum absolute atomic E-state index is 0.0320. The van der Waals surface area contributed by atoms with Crippen molar-refractivity contribution in [2.24, 2.45) is 11.1 Å². The Hall–Kier alpha value is -3.39. The fraction of sp³-hybridized carbons (Fsp3) is 0.308. The molecule has 0 spiro atoms. The second-order valence-electron chi connectivity index (χ2n) is 9.32. The summed E-state index contributed by atoms with van der Waals surface area (Å²) in [5, 5.41) is 10.1. The van der Waals surface area contributed by atoms with Crippen molar-refractivity contribution in [1.82, 2.24) is 0 Å². The lowest BCUT2D eigenvalue weighted by atomic mass is 9.68. The number of anilines is 1. The second kappa shape index (κ2) is 7.39. The third-order valence-corrected chi connectivity index (χ3v) is 6.21. The van der Waals surface area contributed by atoms with Gasteiger partial charge in [0, 0.05) is 23.4 Å². The van der Waals surface area contributed by atoms with Crippen LogP contribution < -0.4 is 10.6 Å². The van der Waals surface area contributed by atoms with Gasteiger partial charge in [0.25, 0.3) is 0 Å². The Labute approximate surface area is 182 Å². The summed E-state index contributed by atoms with van der Waals surface area (Å²) in [6, 6.07) is 14.3. The van der Waals surface area contributed by atoms with Crippen molar-refractivity contribution < 1.29 is 9.18 Å². The minimum atomic E-state index is -0.500. The van der Waals surface area contributed by atoms with Gasteiger partial charge in [-0.2, -0.15) is 5.26 Å². The largest absolute Gasteiger partial charge is 0.384 e. The van der Waals surface area contributed by atoms with Crippen LogP contribution in [0, 0.1) is 36.4 Å². The van der Waals surface area contributed by atoms with E-state index in [0.717, 1.165) is 22.4 Å². The molecule has 0 amide bonds. The van der Waals surface area contributed by atoms with Crippen molar-refractivity contribution in [3.05, 3.63) is 87.6 Å². The maximum absolute atomic E-state index is 13.6. The normalized spacial score (nSPS) is 20.6. The summed E-state index contributed by atoms with van der Waals surface area (Å²) in [5.74, 6) is -0.527. The van der Waals surface area contributed by atoms with Gasteiger partial charge in [-0.05, 0) is 61.1 Å². The first kappa shape index (κ1) is 20.9. The molecule has 2 aliphatic rings. The average molecular weight is 416 g/mol. The van der Waals surface area contributed by atoms with E-state index in [-0.39, 0.29) is 17.0 Å². The molecule has 1 aliphatic heterocycles. The molecular formula is C26H26FN3O. The number of nitrogens with two attached hydrogens (primary N) is 1. The molecule has 2 aromatic rings. The fourth-order valence-corrected chi connectivity index (χ4v) is 4.78. The molecule has 0 saturated heterocycles. The molecule has 4 nitrogen and oxygen atoms in total. The van der Waals surface area contributed by atoms with Gasteiger partial charge in [0.05, 0.1) is 17.6 Å². The summed E-state index contributed by atoms with van der Waals surface area (Å²) < 4.78 is 13.6. The quantitative estimate of drug-likeness (QED) is 0.715. The zero-order valence-corrected chi connectivity index (χ0v) is 18.3. The van der Waals surface area contributed by atoms with Gasteiger partial charge in [-0.25, -0.2) is 4.39 Å². The van der Waals surface area contributed by atoms with E-state index < -0.39 is 5.92 Å². The topological polar surface area (TPSA) is 70.1 Å². The molecule has 0 bridgehead atoms. The summed E-state index contributed by atoms with van der Waals surface area (Å²) in [7, 11) is 0. The highest BCUT2D eigenvalue weighted by Gasteiger charge is 2.45. The van der Waals surface area contributed by atoms with Crippen molar-refractivity contribution in [3.8, 4) is 6.07 Å². The summed E-state index contributed by atoms with van der Waals surface area (Å²) in [4.78, 5) is 15.3. The molecule has 31 heavy (non-hydrogen) atoms. The number of hydrogen-bond donors (Lipinski definition) is 1. The number of allylic oxidation sites excluding steroid dienone is 3. The number of carbonyl (C=O) groups excluding carboxylic acids is 1. The fourth-order valence-electron chi connectivity index (χ4n) is 4.78. The molecule has 1 heterocycles. The Kier molecular flexibility index (Phi) is 4.97. The van der Waals surface area contributed by atoms with Crippen LogP contribution in [0.2, 0.25) is 0 Å². The number of carbonyl (C=O) groups is 1. The van der Waals surface area contributed by atoms with Crippen LogP contribution in [0.4, 0.5) is 10.1 Å². The standard InChI is InChI=1S/C26H26FN3O/c1-15-5-6-16(2)19(11-15)23-20(14-28)25(29)30(18-9-7-17(27)8-10-18)21-12-26(3,4)13-22(31)24(21)23/h5-11,23H,12-13,29H2,1-4H3. The Bertz CT molecular complexity index is 1180. The van der Waals surface area contributed by atoms with E-state index in [1.54, 1.807) is 17.0 Å². The molecule has 158 valence electrons. The van der Waals surface area contributed by atoms with Gasteiger partial charge >= 0.3 is 0 Å². The molecule has 2 aromatic carbocycles. The first-order valence-electron chi connectivity index (χ1n) is 10.4. The zero-order chi connectivity index (χ0) is 22.5. The molecule has 0 radical (unpaired) electrons. The molecule has 1 unspecified atom stereocenters. The van der Waals surface area contributed by atoms with Gasteiger partial charge in [0.1, 0.15) is 11.6 Å². The molecule has 0 saturated carbocycles. The predicted molar refractivity (Wildman–Crippen MR) is 119 cm³/mol. The highest BCUT2D eigenvalue weighted by molar-refractivity contribution is 6.01. The van der Waals surface area contributed by atoms with Crippen LogP contribution in [0.3, 0.4) is 0 Å². The lowest BCUT2D eigenvalue weighted by molar-refractivity contribution is -0.118. The van der Waals surface area contributed by atoms with Crippen molar-refractivity contribution in [2.75, 3.05) is 4.90 Å². The Morgan fingerprint density at radius 2 is 1.81 bits per heavy atom. The number of halogens is 1. The lowest BCUT2D eigenvalue weighted by Gasteiger charge is -2.44. The maximum atomic E-state index is 13.6. The van der Waals surface area contributed by atoms with Crippen LogP contribution >= 0.6 is 0 Å². The SMILES string of the molecule is Cc1ccc(C)c(C2C(C#N)=C(N)N(c3ccc(F)cc3)C3=C2C(=O)CC(C)(C)C3)c1. The summed E-state index contributed by atoms with van der Waals surface area (Å²) in [6.45, 7) is 8.11. The number of hydrogen-bond acceptors (Lipinski definition) is 4. The van der Waals surface area contributed by atoms with Crippen LogP contribution in [0.1, 0.15) is 49.3 Å². The number of nitrogens with zero attached hydrogens (tertiary/aromatic N) is 2. The average Bonchev–Trinajstić information content (AvgIpc) is 2.69. The van der Waals surface area contributed by atoms with Gasteiger partial charge in [-0.3, -0.25) is 9.69 Å². The number of aryl methyl sites for hydroxylation is 2. The first-order valence-corrected chi connectivity index (χ1v) is 10.4. The van der Waals surface area contributed by atoms with Crippen molar-refractivity contribution in [2.45, 2.75) is 46.5 Å². The van der Waals surface area contributed by atoms with Crippen LogP contribution in [-0.2, 0) is 4.79 Å². The molecule has 1 atom stereocenters. The van der Waals surface area contributed by atoms with Crippen LogP contribution in [-0.4, -0.2) is 5.78 Å². The van der Waals surface area contributed by atoms with Crippen LogP contribution in [0.15, 0.2) is 65.1 Å². The number of Topliss-reactive ketones (excluding diaryl/α,β-unsaturated/α-hetero) is 1. The van der Waals surface area contributed by atoms with Gasteiger partial charge in [0.2, 0.25) is 0 Å². The molecular weight excluding hydrogens is 389 g/mol. The smallest absolute Gasteiger partial charge is 0.162 e. The van der Waals surface area contributed by atoms with Gasteiger partial charge in [0.15, 0.2) is 5.78 Å². The highest BCUT2D eigenvalue weighted by Crippen LogP contribution is 2.50. The van der Waals surface area contributed by atoms with E-state index in [9.17, 15) is 14.4 Å². The number of nitriles is 1. The third-order valence-electron chi connectivity index (χ3n) is 6.21. The molecule has 0 fully saturated rings. The molecule has 1 aliphatic carbocycles. The van der Waals surface area contributed by atoms with E-state index in [1.165, 1.54) is 12.1 Å². The summed E-state index contributed by atoms with van der Waals surface area (Å²) in [6.07, 6.45) is 1.04. The second-order valence-corrected chi connectivity index (χ2v) is 9.32. The van der Waals surface area contributed by atoms with Crippen molar-refractivity contribution >= 4 is 11.5 Å². The van der Waals surface area contributed by atoms with Crippen molar-refractivity contribution in [3.63, 3.8) is 0 Å². The summed E-state index contributed by atoms with van der Waals surface area (Å²) >= 11 is 0. The monoisotopic (exact) mass is 415 g/mol. The Morgan fingerprint density at radius 1 is 1.13 bits per heavy atom. The summed E-state index contributed by atoms with van der Waals surface area (Å²) in [5.41, 5.74) is 11.8. The number of rotatable bonds is 2. The van der Waals surface area contributed by atoms with Gasteiger partial charge in [-0.15, -0.1) is 0 Å². The zero-order valence-electron chi connectivity index (χ0n) is 18.3. The van der Waals surface area contributed by atoms with Gasteiger partial charge in [-0.1, -0.05) is 37.6 Å². The van der Waals surface area contributed by atoms with E-state index in [0.29, 0.717) is 35.5 Å². The van der Waals surface area contributed by atoms with E-state index in [2.05, 4.69) is 19.9 Å².